The monoisotopic (exact) mass is 364 g/mol. The van der Waals surface area contributed by atoms with Gasteiger partial charge >= 0.3 is 11.9 Å². The smallest absolute Gasteiger partial charge is 0.330 e. The largest absolute Gasteiger partial charge is 0.462 e. The third-order valence-electron chi connectivity index (χ3n) is 6.56. The summed E-state index contributed by atoms with van der Waals surface area (Å²) in [5.74, 6) is -2.15. The molecule has 3 fully saturated rings. The van der Waals surface area contributed by atoms with Crippen molar-refractivity contribution in [2.75, 3.05) is 0 Å². The molecule has 2 saturated carbocycles. The molecule has 6 nitrogen and oxygen atoms in total. The Morgan fingerprint density at radius 1 is 1.31 bits per heavy atom. The molecule has 144 valence electrons. The molecular weight excluding hydrogens is 336 g/mol. The molecule has 0 aromatic carbocycles. The van der Waals surface area contributed by atoms with Gasteiger partial charge < -0.3 is 14.6 Å². The summed E-state index contributed by atoms with van der Waals surface area (Å²) >= 11 is 0. The van der Waals surface area contributed by atoms with E-state index >= 15 is 0 Å². The Bertz CT molecular complexity index is 663. The minimum Gasteiger partial charge on any atom is -0.462 e. The first-order chi connectivity index (χ1) is 12.1. The van der Waals surface area contributed by atoms with Crippen molar-refractivity contribution in [3.8, 4) is 0 Å². The van der Waals surface area contributed by atoms with Crippen molar-refractivity contribution in [2.24, 2.45) is 29.1 Å². The van der Waals surface area contributed by atoms with Crippen LogP contribution in [0.3, 0.4) is 0 Å². The van der Waals surface area contributed by atoms with Gasteiger partial charge in [0.25, 0.3) is 0 Å². The van der Waals surface area contributed by atoms with Crippen LogP contribution in [-0.2, 0) is 23.9 Å². The quantitative estimate of drug-likeness (QED) is 0.596. The van der Waals surface area contributed by atoms with Crippen molar-refractivity contribution < 1.29 is 29.0 Å². The molecule has 1 unspecified atom stereocenters. The van der Waals surface area contributed by atoms with E-state index in [1.807, 2.05) is 6.92 Å². The molecule has 0 bridgehead atoms. The van der Waals surface area contributed by atoms with Crippen LogP contribution in [0, 0.1) is 29.1 Å². The fraction of sp³-hybridized carbons (Fsp3) is 0.750. The highest BCUT2D eigenvalue weighted by Crippen LogP contribution is 2.56. The van der Waals surface area contributed by atoms with Crippen molar-refractivity contribution in [1.82, 2.24) is 0 Å². The summed E-state index contributed by atoms with van der Waals surface area (Å²) in [6.45, 7) is 9.10. The van der Waals surface area contributed by atoms with E-state index in [-0.39, 0.29) is 35.9 Å². The average molecular weight is 364 g/mol. The highest BCUT2D eigenvalue weighted by molar-refractivity contribution is 5.90. The van der Waals surface area contributed by atoms with Crippen LogP contribution in [0.1, 0.15) is 47.5 Å². The van der Waals surface area contributed by atoms with Gasteiger partial charge in [-0.15, -0.1) is 0 Å². The van der Waals surface area contributed by atoms with Crippen molar-refractivity contribution >= 4 is 17.7 Å². The van der Waals surface area contributed by atoms with E-state index in [4.69, 9.17) is 9.47 Å². The molecule has 0 radical (unpaired) electrons. The maximum atomic E-state index is 12.9. The molecule has 0 aromatic heterocycles. The van der Waals surface area contributed by atoms with Gasteiger partial charge in [0.2, 0.25) is 0 Å². The topological polar surface area (TPSA) is 89.9 Å². The van der Waals surface area contributed by atoms with Crippen LogP contribution in [0.5, 0.6) is 0 Å². The van der Waals surface area contributed by atoms with Crippen LogP contribution < -0.4 is 0 Å². The lowest BCUT2D eigenvalue weighted by molar-refractivity contribution is -0.164. The van der Waals surface area contributed by atoms with E-state index in [0.717, 1.165) is 5.57 Å². The summed E-state index contributed by atoms with van der Waals surface area (Å²) in [5, 5.41) is 10.6. The molecule has 8 atom stereocenters. The zero-order valence-corrected chi connectivity index (χ0v) is 16.0. The Labute approximate surface area is 153 Å². The number of hydrogen-bond acceptors (Lipinski definition) is 6. The lowest BCUT2D eigenvalue weighted by Crippen LogP contribution is -2.50. The molecule has 2 aliphatic carbocycles. The summed E-state index contributed by atoms with van der Waals surface area (Å²) in [7, 11) is 0. The SMILES string of the molecule is CC(C)=CC(=O)O[C@H]1[C@@H]2[C@H](C)C(=O)O[C@@H]2CC(C)[C@@H]2[C@@H](O)CC(=O)[C@]21C. The Kier molecular flexibility index (Phi) is 4.76. The number of Topliss-reactive ketones (excluding diaryl/α,β-unsaturated/α-hetero) is 1. The van der Waals surface area contributed by atoms with Crippen LogP contribution in [0.4, 0.5) is 0 Å². The maximum absolute atomic E-state index is 12.9. The molecular formula is C20H28O6. The Morgan fingerprint density at radius 3 is 2.58 bits per heavy atom. The summed E-state index contributed by atoms with van der Waals surface area (Å²) in [6, 6.07) is 0. The van der Waals surface area contributed by atoms with Crippen molar-refractivity contribution in [3.05, 3.63) is 11.6 Å². The fourth-order valence-corrected chi connectivity index (χ4v) is 5.43. The van der Waals surface area contributed by atoms with Crippen molar-refractivity contribution in [3.63, 3.8) is 0 Å². The molecule has 6 heteroatoms. The van der Waals surface area contributed by atoms with Crippen molar-refractivity contribution in [1.29, 1.82) is 0 Å². The predicted octanol–water partition coefficient (Wildman–Crippen LogP) is 2.04. The lowest BCUT2D eigenvalue weighted by atomic mass is 9.66. The first kappa shape index (κ1) is 19.1. The molecule has 26 heavy (non-hydrogen) atoms. The van der Waals surface area contributed by atoms with E-state index < -0.39 is 35.6 Å². The second-order valence-electron chi connectivity index (χ2n) is 8.64. The van der Waals surface area contributed by atoms with Gasteiger partial charge in [-0.25, -0.2) is 4.79 Å². The van der Waals surface area contributed by atoms with Crippen LogP contribution in [0.2, 0.25) is 0 Å². The number of aliphatic hydroxyl groups excluding tert-OH is 1. The normalized spacial score (nSPS) is 44.6. The van der Waals surface area contributed by atoms with Crippen LogP contribution in [-0.4, -0.2) is 41.1 Å². The highest BCUT2D eigenvalue weighted by atomic mass is 16.6. The highest BCUT2D eigenvalue weighted by Gasteiger charge is 2.66. The predicted molar refractivity (Wildman–Crippen MR) is 92.9 cm³/mol. The van der Waals surface area contributed by atoms with E-state index in [2.05, 4.69) is 0 Å². The maximum Gasteiger partial charge on any atom is 0.330 e. The number of hydrogen-bond donors (Lipinski definition) is 1. The number of fused-ring (bicyclic) bond motifs is 2. The van der Waals surface area contributed by atoms with Crippen LogP contribution in [0.15, 0.2) is 11.6 Å². The van der Waals surface area contributed by atoms with Crippen molar-refractivity contribution in [2.45, 2.75) is 65.8 Å². The van der Waals surface area contributed by atoms with Crippen LogP contribution >= 0.6 is 0 Å². The van der Waals surface area contributed by atoms with E-state index in [1.165, 1.54) is 6.08 Å². The second-order valence-corrected chi connectivity index (χ2v) is 8.64. The zero-order chi connectivity index (χ0) is 19.4. The number of ketones is 1. The molecule has 1 saturated heterocycles. The van der Waals surface area contributed by atoms with Gasteiger partial charge in [0.1, 0.15) is 18.0 Å². The molecule has 1 aliphatic heterocycles. The number of rotatable bonds is 2. The van der Waals surface area contributed by atoms with E-state index in [0.29, 0.717) is 6.42 Å². The van der Waals surface area contributed by atoms with Gasteiger partial charge in [-0.2, -0.15) is 0 Å². The fourth-order valence-electron chi connectivity index (χ4n) is 5.43. The van der Waals surface area contributed by atoms with Gasteiger partial charge in [0, 0.05) is 24.3 Å². The average Bonchev–Trinajstić information content (AvgIpc) is 2.87. The molecule has 0 aromatic rings. The van der Waals surface area contributed by atoms with Gasteiger partial charge in [-0.1, -0.05) is 19.4 Å². The molecule has 3 rings (SSSR count). The molecule has 0 amide bonds. The Morgan fingerprint density at radius 2 is 1.96 bits per heavy atom. The first-order valence-corrected chi connectivity index (χ1v) is 9.34. The number of ether oxygens (including phenoxy) is 2. The lowest BCUT2D eigenvalue weighted by Gasteiger charge is -2.40. The minimum absolute atomic E-state index is 0.0285. The summed E-state index contributed by atoms with van der Waals surface area (Å²) in [5.41, 5.74) is -0.231. The van der Waals surface area contributed by atoms with E-state index in [1.54, 1.807) is 27.7 Å². The van der Waals surface area contributed by atoms with Gasteiger partial charge in [0.05, 0.1) is 17.4 Å². The zero-order valence-electron chi connectivity index (χ0n) is 16.0. The van der Waals surface area contributed by atoms with E-state index in [9.17, 15) is 19.5 Å². The molecule has 1 heterocycles. The van der Waals surface area contributed by atoms with Crippen LogP contribution in [0.25, 0.3) is 0 Å². The number of carbonyl (C=O) groups is 3. The minimum atomic E-state index is -1.02. The summed E-state index contributed by atoms with van der Waals surface area (Å²) in [4.78, 5) is 37.6. The third kappa shape index (κ3) is 2.79. The molecule has 0 spiro atoms. The molecule has 1 N–H and O–H groups in total. The number of aliphatic hydroxyl groups is 1. The van der Waals surface area contributed by atoms with Gasteiger partial charge in [0.15, 0.2) is 0 Å². The molecule has 3 aliphatic rings. The summed E-state index contributed by atoms with van der Waals surface area (Å²) < 4.78 is 11.4. The Balaban J connectivity index is 2.08. The number of carbonyl (C=O) groups excluding carboxylic acids is 3. The number of esters is 2. The standard InChI is InChI=1S/C20H28O6/c1-9(2)6-15(23)26-18-16-11(4)19(24)25-13(16)7-10(3)17-12(21)8-14(22)20(17,18)5/h6,10-13,16-18,21H,7-8H2,1-5H3/t10?,11-,12-,13+,16+,17+,18-,20+/m0/s1. The van der Waals surface area contributed by atoms with Gasteiger partial charge in [-0.3, -0.25) is 9.59 Å². The summed E-state index contributed by atoms with van der Waals surface area (Å²) in [6.07, 6.45) is 0.0399. The number of allylic oxidation sites excluding steroid dienone is 1. The second kappa shape index (κ2) is 6.48. The Hall–Kier alpha value is -1.69. The first-order valence-electron chi connectivity index (χ1n) is 9.34. The van der Waals surface area contributed by atoms with Gasteiger partial charge in [-0.05, 0) is 33.1 Å². The third-order valence-corrected chi connectivity index (χ3v) is 6.56.